The van der Waals surface area contributed by atoms with Gasteiger partial charge in [0.25, 0.3) is 5.91 Å². The van der Waals surface area contributed by atoms with Gasteiger partial charge in [0, 0.05) is 16.9 Å². The molecule has 0 spiro atoms. The van der Waals surface area contributed by atoms with E-state index in [1.54, 1.807) is 14.0 Å². The second kappa shape index (κ2) is 7.82. The summed E-state index contributed by atoms with van der Waals surface area (Å²) in [4.78, 5) is 24.4. The smallest absolute Gasteiger partial charge is 0.411 e. The Bertz CT molecular complexity index is 890. The SMILES string of the molecule is COC(=O)N/C(C)=C1/Nc2ccccc2[C@H](c2ccc(OC)cc2)NC1=O. The van der Waals surface area contributed by atoms with Gasteiger partial charge < -0.3 is 20.1 Å². The Morgan fingerprint density at radius 1 is 1.07 bits per heavy atom. The molecule has 1 aliphatic heterocycles. The number of benzene rings is 2. The molecule has 0 radical (unpaired) electrons. The molecule has 1 aliphatic rings. The molecular weight excluding hydrogens is 346 g/mol. The number of nitrogens with one attached hydrogen (secondary N) is 3. The number of hydrogen-bond donors (Lipinski definition) is 3. The normalized spacial score (nSPS) is 17.6. The van der Waals surface area contributed by atoms with Crippen molar-refractivity contribution in [3.63, 3.8) is 0 Å². The zero-order chi connectivity index (χ0) is 19.4. The van der Waals surface area contributed by atoms with Crippen LogP contribution in [0.5, 0.6) is 5.75 Å². The predicted molar refractivity (Wildman–Crippen MR) is 101 cm³/mol. The van der Waals surface area contributed by atoms with Gasteiger partial charge in [-0.15, -0.1) is 0 Å². The van der Waals surface area contributed by atoms with Crippen LogP contribution in [0.25, 0.3) is 0 Å². The van der Waals surface area contributed by atoms with Crippen molar-refractivity contribution in [2.75, 3.05) is 19.5 Å². The second-order valence-electron chi connectivity index (χ2n) is 6.01. The van der Waals surface area contributed by atoms with Crippen molar-refractivity contribution in [1.82, 2.24) is 10.6 Å². The molecule has 1 heterocycles. The number of carbonyl (C=O) groups is 2. The Hall–Kier alpha value is -3.48. The van der Waals surface area contributed by atoms with Gasteiger partial charge in [0.2, 0.25) is 0 Å². The number of alkyl carbamates (subject to hydrolysis) is 1. The second-order valence-corrected chi connectivity index (χ2v) is 6.01. The Morgan fingerprint density at radius 3 is 2.44 bits per heavy atom. The van der Waals surface area contributed by atoms with Crippen molar-refractivity contribution in [1.29, 1.82) is 0 Å². The van der Waals surface area contributed by atoms with Gasteiger partial charge in [0.15, 0.2) is 0 Å². The van der Waals surface area contributed by atoms with E-state index in [0.717, 1.165) is 22.6 Å². The number of methoxy groups -OCH3 is 2. The zero-order valence-corrected chi connectivity index (χ0v) is 15.3. The summed E-state index contributed by atoms with van der Waals surface area (Å²) in [5.41, 5.74) is 3.22. The van der Waals surface area contributed by atoms with E-state index in [1.807, 2.05) is 48.5 Å². The lowest BCUT2D eigenvalue weighted by Gasteiger charge is -2.18. The molecule has 1 atom stereocenters. The van der Waals surface area contributed by atoms with Crippen molar-refractivity contribution < 1.29 is 19.1 Å². The van der Waals surface area contributed by atoms with E-state index in [2.05, 4.69) is 20.7 Å². The minimum atomic E-state index is -0.640. The Balaban J connectivity index is 2.03. The lowest BCUT2D eigenvalue weighted by molar-refractivity contribution is -0.117. The minimum absolute atomic E-state index is 0.254. The maximum absolute atomic E-state index is 12.9. The summed E-state index contributed by atoms with van der Waals surface area (Å²) in [5, 5.41) is 8.69. The highest BCUT2D eigenvalue weighted by molar-refractivity contribution is 5.99. The first-order valence-electron chi connectivity index (χ1n) is 8.40. The third-order valence-corrected chi connectivity index (χ3v) is 4.33. The van der Waals surface area contributed by atoms with Gasteiger partial charge in [0.1, 0.15) is 11.4 Å². The zero-order valence-electron chi connectivity index (χ0n) is 15.3. The Labute approximate surface area is 157 Å². The van der Waals surface area contributed by atoms with E-state index in [4.69, 9.17) is 4.74 Å². The summed E-state index contributed by atoms with van der Waals surface area (Å²) in [6, 6.07) is 14.8. The van der Waals surface area contributed by atoms with Crippen LogP contribution >= 0.6 is 0 Å². The predicted octanol–water partition coefficient (Wildman–Crippen LogP) is 2.91. The van der Waals surface area contributed by atoms with Crippen LogP contribution in [-0.2, 0) is 9.53 Å². The third-order valence-electron chi connectivity index (χ3n) is 4.33. The largest absolute Gasteiger partial charge is 0.497 e. The van der Waals surface area contributed by atoms with E-state index >= 15 is 0 Å². The molecule has 3 rings (SSSR count). The highest BCUT2D eigenvalue weighted by Gasteiger charge is 2.27. The molecule has 0 aromatic heterocycles. The number of carbonyl (C=O) groups excluding carboxylic acids is 2. The molecule has 2 aromatic carbocycles. The molecule has 3 N–H and O–H groups in total. The highest BCUT2D eigenvalue weighted by Crippen LogP contribution is 2.33. The average molecular weight is 367 g/mol. The molecule has 0 unspecified atom stereocenters. The fraction of sp³-hybridized carbons (Fsp3) is 0.200. The van der Waals surface area contributed by atoms with Crippen molar-refractivity contribution >= 4 is 17.7 Å². The van der Waals surface area contributed by atoms with Crippen LogP contribution in [0.2, 0.25) is 0 Å². The number of rotatable bonds is 3. The van der Waals surface area contributed by atoms with E-state index in [0.29, 0.717) is 5.70 Å². The first-order chi connectivity index (χ1) is 13.0. The fourth-order valence-electron chi connectivity index (χ4n) is 2.92. The molecule has 2 aromatic rings. The van der Waals surface area contributed by atoms with Crippen LogP contribution in [0.3, 0.4) is 0 Å². The fourth-order valence-corrected chi connectivity index (χ4v) is 2.92. The van der Waals surface area contributed by atoms with Gasteiger partial charge in [-0.2, -0.15) is 0 Å². The van der Waals surface area contributed by atoms with Crippen LogP contribution in [0.4, 0.5) is 10.5 Å². The van der Waals surface area contributed by atoms with E-state index in [9.17, 15) is 9.59 Å². The molecule has 140 valence electrons. The van der Waals surface area contributed by atoms with Crippen LogP contribution in [0.1, 0.15) is 24.1 Å². The van der Waals surface area contributed by atoms with Gasteiger partial charge in [0.05, 0.1) is 20.3 Å². The number of amides is 2. The maximum Gasteiger partial charge on any atom is 0.411 e. The number of allylic oxidation sites excluding steroid dienone is 1. The molecule has 0 saturated carbocycles. The molecule has 27 heavy (non-hydrogen) atoms. The third kappa shape index (κ3) is 3.87. The van der Waals surface area contributed by atoms with Crippen molar-refractivity contribution in [3.8, 4) is 5.75 Å². The Kier molecular flexibility index (Phi) is 5.30. The lowest BCUT2D eigenvalue weighted by atomic mass is 9.97. The van der Waals surface area contributed by atoms with E-state index in [1.165, 1.54) is 7.11 Å². The quantitative estimate of drug-likeness (QED) is 0.726. The lowest BCUT2D eigenvalue weighted by Crippen LogP contribution is -2.33. The van der Waals surface area contributed by atoms with Gasteiger partial charge in [-0.05, 0) is 30.7 Å². The molecular formula is C20H21N3O4. The Morgan fingerprint density at radius 2 is 1.78 bits per heavy atom. The van der Waals surface area contributed by atoms with Crippen LogP contribution in [0.15, 0.2) is 59.9 Å². The van der Waals surface area contributed by atoms with Gasteiger partial charge >= 0.3 is 6.09 Å². The van der Waals surface area contributed by atoms with Gasteiger partial charge in [-0.1, -0.05) is 30.3 Å². The van der Waals surface area contributed by atoms with E-state index in [-0.39, 0.29) is 17.6 Å². The molecule has 0 fully saturated rings. The molecule has 2 amide bonds. The monoisotopic (exact) mass is 367 g/mol. The standard InChI is InChI=1S/C20H21N3O4/c1-12(21-20(25)27-3)17-19(24)23-18(13-8-10-14(26-2)11-9-13)15-6-4-5-7-16(15)22-17/h4-11,18,22H,1-3H3,(H,21,25)(H,23,24)/b17-12+/t18-/m0/s1. The van der Waals surface area contributed by atoms with Gasteiger partial charge in [-0.25, -0.2) is 4.79 Å². The summed E-state index contributed by atoms with van der Waals surface area (Å²) in [6.07, 6.45) is -0.640. The maximum atomic E-state index is 12.9. The van der Waals surface area contributed by atoms with Crippen LogP contribution in [-0.4, -0.2) is 26.2 Å². The highest BCUT2D eigenvalue weighted by atomic mass is 16.5. The average Bonchev–Trinajstić information content (AvgIpc) is 2.84. The number of hydrogen-bond acceptors (Lipinski definition) is 5. The summed E-state index contributed by atoms with van der Waals surface area (Å²) in [5.74, 6) is 0.407. The van der Waals surface area contributed by atoms with Crippen molar-refractivity contribution in [2.45, 2.75) is 13.0 Å². The van der Waals surface area contributed by atoms with Crippen molar-refractivity contribution in [3.05, 3.63) is 71.1 Å². The number of anilines is 1. The number of ether oxygens (including phenoxy) is 2. The summed E-state index contributed by atoms with van der Waals surface area (Å²) < 4.78 is 9.81. The molecule has 7 heteroatoms. The number of para-hydroxylation sites is 1. The van der Waals surface area contributed by atoms with Crippen LogP contribution in [0, 0.1) is 0 Å². The number of fused-ring (bicyclic) bond motifs is 1. The first-order valence-corrected chi connectivity index (χ1v) is 8.40. The summed E-state index contributed by atoms with van der Waals surface area (Å²) in [7, 11) is 2.87. The summed E-state index contributed by atoms with van der Waals surface area (Å²) >= 11 is 0. The molecule has 7 nitrogen and oxygen atoms in total. The van der Waals surface area contributed by atoms with Crippen LogP contribution < -0.4 is 20.7 Å². The van der Waals surface area contributed by atoms with Gasteiger partial charge in [-0.3, -0.25) is 10.1 Å². The van der Waals surface area contributed by atoms with E-state index < -0.39 is 6.09 Å². The molecule has 0 bridgehead atoms. The summed E-state index contributed by atoms with van der Waals surface area (Å²) in [6.45, 7) is 1.63. The van der Waals surface area contributed by atoms with Crippen molar-refractivity contribution in [2.24, 2.45) is 0 Å². The topological polar surface area (TPSA) is 88.7 Å². The molecule has 0 aliphatic carbocycles. The molecule has 0 saturated heterocycles. The first kappa shape index (κ1) is 18.3. The minimum Gasteiger partial charge on any atom is -0.497 e.